The Hall–Kier alpha value is -0.620. The molecule has 0 N–H and O–H groups in total. The van der Waals surface area contributed by atoms with E-state index < -0.39 is 0 Å². The number of rotatable bonds is 15. The summed E-state index contributed by atoms with van der Waals surface area (Å²) in [6.45, 7) is 11.0. The largest absolute Gasteiger partial charge is 1.00 e. The molecule has 27 heavy (non-hydrogen) atoms. The van der Waals surface area contributed by atoms with E-state index in [0.29, 0.717) is 12.2 Å². The van der Waals surface area contributed by atoms with Gasteiger partial charge in [0.05, 0.1) is 32.6 Å². The first kappa shape index (κ1) is 26.4. The van der Waals surface area contributed by atoms with Gasteiger partial charge >= 0.3 is 5.97 Å². The molecule has 0 fully saturated rings. The van der Waals surface area contributed by atoms with Gasteiger partial charge in [-0.2, -0.15) is 0 Å². The summed E-state index contributed by atoms with van der Waals surface area (Å²) in [5, 5.41) is 0. The van der Waals surface area contributed by atoms with Crippen LogP contribution in [0.1, 0.15) is 78.6 Å². The normalized spacial score (nSPS) is 11.1. The molecule has 0 unspecified atom stereocenters. The van der Waals surface area contributed by atoms with Gasteiger partial charge in [0.1, 0.15) is 5.75 Å². The van der Waals surface area contributed by atoms with Gasteiger partial charge in [-0.25, -0.2) is 0 Å². The van der Waals surface area contributed by atoms with E-state index in [2.05, 4.69) is 20.8 Å². The Morgan fingerprint density at radius 3 is 1.93 bits per heavy atom. The summed E-state index contributed by atoms with van der Waals surface area (Å²) in [4.78, 5) is 12.2. The molecule has 0 saturated heterocycles. The summed E-state index contributed by atoms with van der Waals surface area (Å²) in [5.41, 5.74) is 0. The number of hydrogen-bond acceptors (Lipinski definition) is 2. The lowest BCUT2D eigenvalue weighted by atomic mass is 10.1. The molecular formula is C23H40INO2. The summed E-state index contributed by atoms with van der Waals surface area (Å²) in [5.74, 6) is 0.531. The maximum atomic E-state index is 12.2. The Morgan fingerprint density at radius 1 is 0.815 bits per heavy atom. The van der Waals surface area contributed by atoms with Gasteiger partial charge in [-0.3, -0.25) is 4.79 Å². The Balaban J connectivity index is 0.00000676. The molecular weight excluding hydrogens is 449 g/mol. The average molecular weight is 489 g/mol. The fourth-order valence-electron chi connectivity index (χ4n) is 3.55. The standard InChI is InChI=1S/C23H40NO2.HI/c1-4-7-8-9-10-11-12-16-20-24(5-2,6-3)21-19-23(25)26-22-17-14-13-15-18-22;/h13-15,17-18H,4-12,16,19-21H2,1-3H3;1H/q+1;/p-1. The molecule has 0 aliphatic heterocycles. The quantitative estimate of drug-likeness (QED) is 0.125. The lowest BCUT2D eigenvalue weighted by Gasteiger charge is -2.36. The van der Waals surface area contributed by atoms with E-state index in [1.54, 1.807) is 0 Å². The average Bonchev–Trinajstić information content (AvgIpc) is 2.67. The van der Waals surface area contributed by atoms with Gasteiger partial charge < -0.3 is 33.2 Å². The van der Waals surface area contributed by atoms with Gasteiger partial charge in [0, 0.05) is 0 Å². The Labute approximate surface area is 184 Å². The number of quaternary nitrogens is 1. The smallest absolute Gasteiger partial charge is 0.316 e. The Kier molecular flexibility index (Phi) is 16.0. The molecule has 1 aromatic carbocycles. The molecule has 0 amide bonds. The monoisotopic (exact) mass is 489 g/mol. The van der Waals surface area contributed by atoms with Crippen molar-refractivity contribution in [2.24, 2.45) is 0 Å². The summed E-state index contributed by atoms with van der Waals surface area (Å²) >= 11 is 0. The molecule has 0 aromatic heterocycles. The fourth-order valence-corrected chi connectivity index (χ4v) is 3.55. The van der Waals surface area contributed by atoms with Gasteiger partial charge in [0.2, 0.25) is 0 Å². The number of para-hydroxylation sites is 1. The highest BCUT2D eigenvalue weighted by Crippen LogP contribution is 2.15. The first-order valence-electron chi connectivity index (χ1n) is 10.8. The van der Waals surface area contributed by atoms with Crippen molar-refractivity contribution in [3.05, 3.63) is 30.3 Å². The van der Waals surface area contributed by atoms with E-state index in [0.717, 1.165) is 24.1 Å². The second-order valence-electron chi connectivity index (χ2n) is 7.43. The third kappa shape index (κ3) is 11.7. The number of esters is 1. The summed E-state index contributed by atoms with van der Waals surface area (Å²) < 4.78 is 6.47. The molecule has 1 rings (SSSR count). The van der Waals surface area contributed by atoms with Crippen LogP contribution in [0.15, 0.2) is 30.3 Å². The van der Waals surface area contributed by atoms with Gasteiger partial charge in [-0.1, -0.05) is 63.6 Å². The number of carbonyl (C=O) groups excluding carboxylic acids is 1. The lowest BCUT2D eigenvalue weighted by molar-refractivity contribution is -0.924. The zero-order valence-electron chi connectivity index (χ0n) is 17.7. The third-order valence-corrected chi connectivity index (χ3v) is 5.59. The molecule has 0 radical (unpaired) electrons. The molecule has 0 aliphatic rings. The molecule has 0 heterocycles. The van der Waals surface area contributed by atoms with Gasteiger partial charge in [0.25, 0.3) is 0 Å². The van der Waals surface area contributed by atoms with Crippen molar-refractivity contribution >= 4 is 5.97 Å². The molecule has 0 aliphatic carbocycles. The minimum absolute atomic E-state index is 0. The van der Waals surface area contributed by atoms with Gasteiger partial charge in [-0.05, 0) is 38.8 Å². The summed E-state index contributed by atoms with van der Waals surface area (Å²) in [7, 11) is 0. The molecule has 3 nitrogen and oxygen atoms in total. The van der Waals surface area contributed by atoms with Crippen molar-refractivity contribution < 1.29 is 38.0 Å². The first-order chi connectivity index (χ1) is 12.7. The molecule has 0 atom stereocenters. The van der Waals surface area contributed by atoms with Crippen molar-refractivity contribution in [2.75, 3.05) is 26.2 Å². The first-order valence-corrected chi connectivity index (χ1v) is 10.8. The van der Waals surface area contributed by atoms with Crippen LogP contribution in [0, 0.1) is 0 Å². The van der Waals surface area contributed by atoms with E-state index in [-0.39, 0.29) is 29.9 Å². The lowest BCUT2D eigenvalue weighted by Crippen LogP contribution is -3.00. The Bertz CT molecular complexity index is 475. The van der Waals surface area contributed by atoms with Crippen LogP contribution in [0.25, 0.3) is 0 Å². The minimum atomic E-state index is -0.114. The van der Waals surface area contributed by atoms with Crippen molar-refractivity contribution in [1.29, 1.82) is 0 Å². The van der Waals surface area contributed by atoms with Crippen LogP contribution in [-0.4, -0.2) is 36.6 Å². The number of hydrogen-bond donors (Lipinski definition) is 0. The molecule has 0 bridgehead atoms. The van der Waals surface area contributed by atoms with Crippen LogP contribution in [0.5, 0.6) is 5.75 Å². The zero-order valence-corrected chi connectivity index (χ0v) is 19.9. The Morgan fingerprint density at radius 2 is 1.37 bits per heavy atom. The summed E-state index contributed by atoms with van der Waals surface area (Å²) in [6, 6.07) is 9.38. The summed E-state index contributed by atoms with van der Waals surface area (Å²) in [6.07, 6.45) is 11.3. The molecule has 0 spiro atoms. The van der Waals surface area contributed by atoms with E-state index in [4.69, 9.17) is 4.74 Å². The van der Waals surface area contributed by atoms with Crippen molar-refractivity contribution in [2.45, 2.75) is 78.6 Å². The molecule has 4 heteroatoms. The predicted octanol–water partition coefficient (Wildman–Crippen LogP) is 2.98. The van der Waals surface area contributed by atoms with Crippen LogP contribution in [0.3, 0.4) is 0 Å². The number of ether oxygens (including phenoxy) is 1. The van der Waals surface area contributed by atoms with Crippen LogP contribution >= 0.6 is 0 Å². The number of benzene rings is 1. The minimum Gasteiger partial charge on any atom is -1.00 e. The molecule has 1 aromatic rings. The van der Waals surface area contributed by atoms with E-state index in [9.17, 15) is 4.79 Å². The number of halogens is 1. The van der Waals surface area contributed by atoms with E-state index >= 15 is 0 Å². The number of unbranched alkanes of at least 4 members (excludes halogenated alkanes) is 7. The third-order valence-electron chi connectivity index (χ3n) is 5.59. The topological polar surface area (TPSA) is 26.3 Å². The number of nitrogens with zero attached hydrogens (tertiary/aromatic N) is 1. The highest BCUT2D eigenvalue weighted by Gasteiger charge is 2.24. The van der Waals surface area contributed by atoms with Crippen LogP contribution in [0.2, 0.25) is 0 Å². The highest BCUT2D eigenvalue weighted by atomic mass is 127. The zero-order chi connectivity index (χ0) is 19.1. The predicted molar refractivity (Wildman–Crippen MR) is 110 cm³/mol. The van der Waals surface area contributed by atoms with Crippen LogP contribution < -0.4 is 28.7 Å². The second kappa shape index (κ2) is 16.3. The van der Waals surface area contributed by atoms with Crippen molar-refractivity contribution in [3.63, 3.8) is 0 Å². The van der Waals surface area contributed by atoms with E-state index in [1.807, 2.05) is 30.3 Å². The number of carbonyl (C=O) groups is 1. The highest BCUT2D eigenvalue weighted by molar-refractivity contribution is 5.72. The van der Waals surface area contributed by atoms with E-state index in [1.165, 1.54) is 57.9 Å². The maximum Gasteiger partial charge on any atom is 0.316 e. The van der Waals surface area contributed by atoms with Gasteiger partial charge in [-0.15, -0.1) is 0 Å². The van der Waals surface area contributed by atoms with Crippen molar-refractivity contribution in [1.82, 2.24) is 0 Å². The SMILES string of the molecule is CCCCCCCCCC[N+](CC)(CC)CCC(=O)Oc1ccccc1.[I-]. The van der Waals surface area contributed by atoms with Crippen LogP contribution in [0.4, 0.5) is 0 Å². The molecule has 156 valence electrons. The van der Waals surface area contributed by atoms with Crippen molar-refractivity contribution in [3.8, 4) is 5.75 Å². The van der Waals surface area contributed by atoms with Gasteiger partial charge in [0.15, 0.2) is 0 Å². The molecule has 0 saturated carbocycles. The van der Waals surface area contributed by atoms with Crippen LogP contribution in [-0.2, 0) is 4.79 Å². The second-order valence-corrected chi connectivity index (χ2v) is 7.43. The maximum absolute atomic E-state index is 12.2. The fraction of sp³-hybridized carbons (Fsp3) is 0.696.